The molecule has 1 aromatic heterocycles. The third-order valence-electron chi connectivity index (χ3n) is 6.51. The molecule has 2 amide bonds. The molecular weight excluding hydrogens is 492 g/mol. The molecule has 1 aliphatic rings. The Morgan fingerprint density at radius 2 is 1.94 bits per heavy atom. The summed E-state index contributed by atoms with van der Waals surface area (Å²) in [6, 6.07) is 16.8. The first-order valence-electron chi connectivity index (χ1n) is 12.4. The maximum atomic E-state index is 13.7. The largest absolute Gasteiger partial charge is 0.491 e. The normalized spacial score (nSPS) is 15.0. The van der Waals surface area contributed by atoms with E-state index in [-0.39, 0.29) is 24.4 Å². The second-order valence-corrected chi connectivity index (χ2v) is 11.1. The Labute approximate surface area is 222 Å². The first-order chi connectivity index (χ1) is 17.3. The number of halogens is 1. The molecule has 2 heterocycles. The van der Waals surface area contributed by atoms with Gasteiger partial charge in [-0.3, -0.25) is 9.59 Å². The molecule has 1 aliphatic heterocycles. The van der Waals surface area contributed by atoms with Gasteiger partial charge in [-0.05, 0) is 73.0 Å². The van der Waals surface area contributed by atoms with Gasteiger partial charge in [0.15, 0.2) is 0 Å². The van der Waals surface area contributed by atoms with Crippen LogP contribution in [0.5, 0.6) is 5.75 Å². The second-order valence-electron chi connectivity index (χ2n) is 9.70. The number of carbonyl (C=O) groups excluding carboxylic acids is 2. The molecule has 0 saturated heterocycles. The molecule has 4 rings (SSSR count). The van der Waals surface area contributed by atoms with Crippen LogP contribution in [0.3, 0.4) is 0 Å². The van der Waals surface area contributed by atoms with Gasteiger partial charge in [-0.1, -0.05) is 49.2 Å². The maximum Gasteiger partial charge on any atom is 0.254 e. The molecular formula is C29H33ClN2O3S. The molecule has 0 spiro atoms. The lowest BCUT2D eigenvalue weighted by Crippen LogP contribution is -2.48. The third kappa shape index (κ3) is 6.48. The van der Waals surface area contributed by atoms with Crippen LogP contribution < -0.4 is 4.74 Å². The highest BCUT2D eigenvalue weighted by molar-refractivity contribution is 7.10. The van der Waals surface area contributed by atoms with E-state index in [2.05, 4.69) is 25.3 Å². The summed E-state index contributed by atoms with van der Waals surface area (Å²) in [5, 5.41) is 2.58. The van der Waals surface area contributed by atoms with E-state index in [4.69, 9.17) is 16.3 Å². The lowest BCUT2D eigenvalue weighted by Gasteiger charge is -2.37. The van der Waals surface area contributed by atoms with E-state index in [9.17, 15) is 9.59 Å². The molecule has 0 radical (unpaired) electrons. The summed E-state index contributed by atoms with van der Waals surface area (Å²) < 4.78 is 6.14. The SMILES string of the molecule is Cc1ccc(OCC2c3ccsc3CCN2C(=O)CN(CCC(C)C)C(=O)c2cccc(Cl)c2)cc1. The minimum Gasteiger partial charge on any atom is -0.491 e. The van der Waals surface area contributed by atoms with Gasteiger partial charge in [-0.25, -0.2) is 0 Å². The minimum atomic E-state index is -0.193. The minimum absolute atomic E-state index is 0.0264. The van der Waals surface area contributed by atoms with Gasteiger partial charge in [-0.15, -0.1) is 11.3 Å². The lowest BCUT2D eigenvalue weighted by molar-refractivity contribution is -0.135. The van der Waals surface area contributed by atoms with Gasteiger partial charge < -0.3 is 14.5 Å². The number of hydrogen-bond donors (Lipinski definition) is 0. The average molecular weight is 525 g/mol. The maximum absolute atomic E-state index is 13.7. The van der Waals surface area contributed by atoms with Crippen molar-refractivity contribution in [2.45, 2.75) is 39.7 Å². The van der Waals surface area contributed by atoms with E-state index < -0.39 is 0 Å². The van der Waals surface area contributed by atoms with Crippen molar-refractivity contribution in [2.24, 2.45) is 5.92 Å². The Balaban J connectivity index is 1.53. The summed E-state index contributed by atoms with van der Waals surface area (Å²) >= 11 is 7.86. The van der Waals surface area contributed by atoms with Crippen LogP contribution in [-0.4, -0.2) is 47.9 Å². The fourth-order valence-electron chi connectivity index (χ4n) is 4.41. The van der Waals surface area contributed by atoms with E-state index in [0.717, 1.165) is 24.2 Å². The van der Waals surface area contributed by atoms with Crippen LogP contribution in [0.2, 0.25) is 5.02 Å². The van der Waals surface area contributed by atoms with Crippen LogP contribution in [0.15, 0.2) is 60.0 Å². The quantitative estimate of drug-likeness (QED) is 0.325. The van der Waals surface area contributed by atoms with Gasteiger partial charge in [0, 0.05) is 28.6 Å². The van der Waals surface area contributed by atoms with Gasteiger partial charge in [-0.2, -0.15) is 0 Å². The monoisotopic (exact) mass is 524 g/mol. The number of carbonyl (C=O) groups is 2. The van der Waals surface area contributed by atoms with Crippen molar-refractivity contribution in [3.63, 3.8) is 0 Å². The highest BCUT2D eigenvalue weighted by atomic mass is 35.5. The zero-order valence-corrected chi connectivity index (χ0v) is 22.6. The fraction of sp³-hybridized carbons (Fsp3) is 0.379. The van der Waals surface area contributed by atoms with Crippen molar-refractivity contribution >= 4 is 34.8 Å². The van der Waals surface area contributed by atoms with Crippen LogP contribution in [-0.2, 0) is 11.2 Å². The summed E-state index contributed by atoms with van der Waals surface area (Å²) in [4.78, 5) is 31.9. The number of fused-ring (bicyclic) bond motifs is 1. The molecule has 0 bridgehead atoms. The fourth-order valence-corrected chi connectivity index (χ4v) is 5.53. The average Bonchev–Trinajstić information content (AvgIpc) is 3.34. The van der Waals surface area contributed by atoms with Crippen molar-refractivity contribution in [2.75, 3.05) is 26.2 Å². The molecule has 2 aromatic carbocycles. The predicted octanol–water partition coefficient (Wildman–Crippen LogP) is 6.40. The van der Waals surface area contributed by atoms with Gasteiger partial charge >= 0.3 is 0 Å². The van der Waals surface area contributed by atoms with E-state index in [1.807, 2.05) is 36.1 Å². The van der Waals surface area contributed by atoms with Crippen LogP contribution in [0.1, 0.15) is 52.7 Å². The Hall–Kier alpha value is -2.83. The van der Waals surface area contributed by atoms with Crippen LogP contribution in [0, 0.1) is 12.8 Å². The molecule has 0 N–H and O–H groups in total. The van der Waals surface area contributed by atoms with Gasteiger partial charge in [0.05, 0.1) is 6.04 Å². The number of rotatable bonds is 9. The highest BCUT2D eigenvalue weighted by Gasteiger charge is 2.33. The van der Waals surface area contributed by atoms with E-state index in [1.54, 1.807) is 40.5 Å². The summed E-state index contributed by atoms with van der Waals surface area (Å²) in [6.07, 6.45) is 1.63. The van der Waals surface area contributed by atoms with Crippen molar-refractivity contribution in [3.05, 3.63) is 86.6 Å². The molecule has 190 valence electrons. The number of hydrogen-bond acceptors (Lipinski definition) is 4. The van der Waals surface area contributed by atoms with E-state index >= 15 is 0 Å². The number of ether oxygens (including phenoxy) is 1. The molecule has 7 heteroatoms. The van der Waals surface area contributed by atoms with Gasteiger partial charge in [0.25, 0.3) is 5.91 Å². The smallest absolute Gasteiger partial charge is 0.254 e. The highest BCUT2D eigenvalue weighted by Crippen LogP contribution is 2.34. The summed E-state index contributed by atoms with van der Waals surface area (Å²) in [7, 11) is 0. The second kappa shape index (κ2) is 11.9. The van der Waals surface area contributed by atoms with Crippen molar-refractivity contribution in [1.82, 2.24) is 9.80 Å². The van der Waals surface area contributed by atoms with Crippen LogP contribution in [0.4, 0.5) is 0 Å². The van der Waals surface area contributed by atoms with E-state index in [1.165, 1.54) is 10.4 Å². The van der Waals surface area contributed by atoms with Crippen molar-refractivity contribution in [3.8, 4) is 5.75 Å². The van der Waals surface area contributed by atoms with Crippen molar-refractivity contribution in [1.29, 1.82) is 0 Å². The Kier molecular flexibility index (Phi) is 8.70. The summed E-state index contributed by atoms with van der Waals surface area (Å²) in [6.45, 7) is 7.79. The van der Waals surface area contributed by atoms with Gasteiger partial charge in [0.2, 0.25) is 5.91 Å². The zero-order valence-electron chi connectivity index (χ0n) is 21.1. The Bertz CT molecular complexity index is 1190. The van der Waals surface area contributed by atoms with Crippen LogP contribution in [0.25, 0.3) is 0 Å². The molecule has 1 unspecified atom stereocenters. The molecule has 0 aliphatic carbocycles. The Morgan fingerprint density at radius 3 is 2.67 bits per heavy atom. The number of aryl methyl sites for hydroxylation is 1. The zero-order chi connectivity index (χ0) is 25.7. The third-order valence-corrected chi connectivity index (χ3v) is 7.74. The topological polar surface area (TPSA) is 49.9 Å². The molecule has 36 heavy (non-hydrogen) atoms. The Morgan fingerprint density at radius 1 is 1.17 bits per heavy atom. The standard InChI is InChI=1S/C29H33ClN2O3S/c1-20(2)11-14-31(29(34)22-5-4-6-23(30)17-22)18-28(33)32-15-12-27-25(13-16-36-27)26(32)19-35-24-9-7-21(3)8-10-24/h4-10,13,16-17,20,26H,11-12,14-15,18-19H2,1-3H3. The molecule has 5 nitrogen and oxygen atoms in total. The molecule has 0 fully saturated rings. The number of nitrogens with zero attached hydrogens (tertiary/aromatic N) is 2. The number of thiophene rings is 1. The summed E-state index contributed by atoms with van der Waals surface area (Å²) in [5.74, 6) is 0.953. The first kappa shape index (κ1) is 26.2. The van der Waals surface area contributed by atoms with Gasteiger partial charge in [0.1, 0.15) is 18.9 Å². The van der Waals surface area contributed by atoms with Crippen molar-refractivity contribution < 1.29 is 14.3 Å². The molecule has 1 atom stereocenters. The summed E-state index contributed by atoms with van der Waals surface area (Å²) in [5.41, 5.74) is 2.81. The predicted molar refractivity (Wildman–Crippen MR) is 146 cm³/mol. The molecule has 0 saturated carbocycles. The van der Waals surface area contributed by atoms with E-state index in [0.29, 0.717) is 36.2 Å². The van der Waals surface area contributed by atoms with Crippen LogP contribution >= 0.6 is 22.9 Å². The first-order valence-corrected chi connectivity index (χ1v) is 13.7. The molecule has 3 aromatic rings. The lowest BCUT2D eigenvalue weighted by atomic mass is 10.00. The number of amides is 2. The number of benzene rings is 2.